The summed E-state index contributed by atoms with van der Waals surface area (Å²) in [5.74, 6) is -0.293. The Morgan fingerprint density at radius 2 is 2.00 bits per heavy atom. The molecule has 14 heavy (non-hydrogen) atoms. The number of amides is 1. The van der Waals surface area contributed by atoms with Crippen molar-refractivity contribution in [3.63, 3.8) is 0 Å². The molecule has 2 heterocycles. The third kappa shape index (κ3) is 0.806. The Hall–Kier alpha value is -2.17. The minimum absolute atomic E-state index is 0.293. The van der Waals surface area contributed by atoms with Gasteiger partial charge in [0, 0.05) is 5.39 Å². The van der Waals surface area contributed by atoms with Crippen molar-refractivity contribution in [1.82, 2.24) is 10.2 Å². The molecule has 1 amide bonds. The maximum atomic E-state index is 11.2. The highest BCUT2D eigenvalue weighted by molar-refractivity contribution is 6.08. The maximum absolute atomic E-state index is 11.2. The second-order valence-corrected chi connectivity index (χ2v) is 2.93. The Kier molecular flexibility index (Phi) is 1.25. The topological polar surface area (TPSA) is 67.6 Å². The molecule has 3 rings (SSSR count). The van der Waals surface area contributed by atoms with Crippen molar-refractivity contribution in [3.05, 3.63) is 30.0 Å². The molecule has 0 aliphatic carbocycles. The normalized spacial score (nSPS) is 13.6. The first-order chi connectivity index (χ1) is 6.86. The maximum Gasteiger partial charge on any atom is 0.297 e. The van der Waals surface area contributed by atoms with Gasteiger partial charge in [0.15, 0.2) is 0 Å². The standard InChI is InChI=1S/C9H4N4O/c14-9-6-1-2-7-5(3-4-10-11-7)8(6)12-13-9/h1-4H. The molecule has 1 aromatic heterocycles. The predicted octanol–water partition coefficient (Wildman–Crippen LogP) is 1.87. The van der Waals surface area contributed by atoms with Crippen molar-refractivity contribution >= 4 is 22.5 Å². The molecule has 0 unspecified atom stereocenters. The van der Waals surface area contributed by atoms with Crippen LogP contribution < -0.4 is 0 Å². The van der Waals surface area contributed by atoms with Gasteiger partial charge < -0.3 is 0 Å². The third-order valence-corrected chi connectivity index (χ3v) is 2.14. The number of carbonyl (C=O) groups is 1. The van der Waals surface area contributed by atoms with Gasteiger partial charge in [-0.3, -0.25) is 4.79 Å². The van der Waals surface area contributed by atoms with E-state index in [1.165, 1.54) is 0 Å². The van der Waals surface area contributed by atoms with Gasteiger partial charge in [-0.25, -0.2) is 0 Å². The molecular formula is C9H4N4O. The molecule has 0 bridgehead atoms. The summed E-state index contributed by atoms with van der Waals surface area (Å²) in [7, 11) is 0. The number of nitrogens with zero attached hydrogens (tertiary/aromatic N) is 4. The Morgan fingerprint density at radius 3 is 2.93 bits per heavy atom. The van der Waals surface area contributed by atoms with Gasteiger partial charge in [0.1, 0.15) is 5.69 Å². The zero-order chi connectivity index (χ0) is 9.54. The first-order valence-corrected chi connectivity index (χ1v) is 4.07. The van der Waals surface area contributed by atoms with Crippen LogP contribution in [0.1, 0.15) is 10.4 Å². The quantitative estimate of drug-likeness (QED) is 0.627. The summed E-state index contributed by atoms with van der Waals surface area (Å²) < 4.78 is 0. The lowest BCUT2D eigenvalue weighted by Gasteiger charge is -1.98. The molecule has 0 saturated heterocycles. The second kappa shape index (κ2) is 2.41. The van der Waals surface area contributed by atoms with E-state index < -0.39 is 0 Å². The minimum Gasteiger partial charge on any atom is -0.265 e. The molecule has 0 N–H and O–H groups in total. The molecule has 5 nitrogen and oxygen atoms in total. The molecule has 0 radical (unpaired) electrons. The number of hydrogen-bond acceptors (Lipinski definition) is 4. The summed E-state index contributed by atoms with van der Waals surface area (Å²) in [5.41, 5.74) is 1.85. The fourth-order valence-corrected chi connectivity index (χ4v) is 1.48. The monoisotopic (exact) mass is 184 g/mol. The van der Waals surface area contributed by atoms with Crippen LogP contribution in [0.15, 0.2) is 34.6 Å². The van der Waals surface area contributed by atoms with Crippen molar-refractivity contribution in [3.8, 4) is 0 Å². The Morgan fingerprint density at radius 1 is 1.07 bits per heavy atom. The predicted molar refractivity (Wildman–Crippen MR) is 48.4 cm³/mol. The number of fused-ring (bicyclic) bond motifs is 3. The number of azo groups is 1. The number of hydrogen-bond donors (Lipinski definition) is 0. The Balaban J connectivity index is 2.49. The lowest BCUT2D eigenvalue weighted by molar-refractivity contribution is 0.100. The van der Waals surface area contributed by atoms with E-state index in [0.29, 0.717) is 11.3 Å². The van der Waals surface area contributed by atoms with E-state index in [1.54, 1.807) is 24.4 Å². The Labute approximate surface area is 78.5 Å². The number of aromatic nitrogens is 2. The first kappa shape index (κ1) is 7.25. The van der Waals surface area contributed by atoms with Crippen LogP contribution in [0.3, 0.4) is 0 Å². The average Bonchev–Trinajstić information content (AvgIpc) is 2.61. The van der Waals surface area contributed by atoms with Crippen LogP contribution in [0.2, 0.25) is 0 Å². The first-order valence-electron chi connectivity index (χ1n) is 4.07. The van der Waals surface area contributed by atoms with Gasteiger partial charge in [-0.15, -0.1) is 10.2 Å². The van der Waals surface area contributed by atoms with Gasteiger partial charge in [-0.1, -0.05) is 0 Å². The number of benzene rings is 1. The van der Waals surface area contributed by atoms with Crippen molar-refractivity contribution in [2.45, 2.75) is 0 Å². The van der Waals surface area contributed by atoms with Crippen LogP contribution in [0, 0.1) is 0 Å². The molecule has 5 heteroatoms. The number of rotatable bonds is 0. The average molecular weight is 184 g/mol. The van der Waals surface area contributed by atoms with Crippen LogP contribution in [-0.2, 0) is 0 Å². The van der Waals surface area contributed by atoms with Crippen LogP contribution in [-0.4, -0.2) is 16.1 Å². The largest absolute Gasteiger partial charge is 0.297 e. The third-order valence-electron chi connectivity index (χ3n) is 2.14. The fraction of sp³-hybridized carbons (Fsp3) is 0. The highest BCUT2D eigenvalue weighted by atomic mass is 16.2. The van der Waals surface area contributed by atoms with E-state index in [-0.39, 0.29) is 5.91 Å². The SMILES string of the molecule is O=C1N=Nc2c1ccc1nnccc21. The molecule has 0 spiro atoms. The van der Waals surface area contributed by atoms with Crippen molar-refractivity contribution < 1.29 is 4.79 Å². The molecule has 66 valence electrons. The van der Waals surface area contributed by atoms with Crippen molar-refractivity contribution in [2.24, 2.45) is 10.2 Å². The van der Waals surface area contributed by atoms with Gasteiger partial charge in [-0.2, -0.15) is 10.2 Å². The van der Waals surface area contributed by atoms with Gasteiger partial charge in [0.25, 0.3) is 5.91 Å². The molecule has 2 aromatic rings. The molecule has 0 saturated carbocycles. The van der Waals surface area contributed by atoms with Crippen LogP contribution in [0.4, 0.5) is 5.69 Å². The molecule has 1 aliphatic heterocycles. The number of carbonyl (C=O) groups excluding carboxylic acids is 1. The smallest absolute Gasteiger partial charge is 0.265 e. The van der Waals surface area contributed by atoms with Gasteiger partial charge in [0.05, 0.1) is 17.3 Å². The molecule has 1 aliphatic rings. The van der Waals surface area contributed by atoms with Crippen molar-refractivity contribution in [1.29, 1.82) is 0 Å². The lowest BCUT2D eigenvalue weighted by Crippen LogP contribution is -1.90. The lowest BCUT2D eigenvalue weighted by atomic mass is 10.1. The van der Waals surface area contributed by atoms with E-state index in [0.717, 1.165) is 10.9 Å². The zero-order valence-electron chi connectivity index (χ0n) is 7.01. The van der Waals surface area contributed by atoms with E-state index in [2.05, 4.69) is 20.4 Å². The van der Waals surface area contributed by atoms with Gasteiger partial charge >= 0.3 is 0 Å². The van der Waals surface area contributed by atoms with Crippen molar-refractivity contribution in [2.75, 3.05) is 0 Å². The summed E-state index contributed by atoms with van der Waals surface area (Å²) in [4.78, 5) is 11.2. The zero-order valence-corrected chi connectivity index (χ0v) is 7.01. The molecule has 0 fully saturated rings. The summed E-state index contributed by atoms with van der Waals surface area (Å²) >= 11 is 0. The van der Waals surface area contributed by atoms with Crippen LogP contribution >= 0.6 is 0 Å². The summed E-state index contributed by atoms with van der Waals surface area (Å²) in [6.07, 6.45) is 1.57. The summed E-state index contributed by atoms with van der Waals surface area (Å²) in [6, 6.07) is 5.20. The van der Waals surface area contributed by atoms with E-state index in [9.17, 15) is 4.79 Å². The molecule has 0 atom stereocenters. The fourth-order valence-electron chi connectivity index (χ4n) is 1.48. The van der Waals surface area contributed by atoms with E-state index in [1.807, 2.05) is 0 Å². The summed E-state index contributed by atoms with van der Waals surface area (Å²) in [5, 5.41) is 15.8. The summed E-state index contributed by atoms with van der Waals surface area (Å²) in [6.45, 7) is 0. The second-order valence-electron chi connectivity index (χ2n) is 2.93. The minimum atomic E-state index is -0.293. The van der Waals surface area contributed by atoms with Gasteiger partial charge in [0.2, 0.25) is 0 Å². The highest BCUT2D eigenvalue weighted by Gasteiger charge is 2.19. The van der Waals surface area contributed by atoms with Crippen LogP contribution in [0.5, 0.6) is 0 Å². The van der Waals surface area contributed by atoms with Gasteiger partial charge in [-0.05, 0) is 18.2 Å². The Bertz CT molecular complexity index is 576. The molecular weight excluding hydrogens is 180 g/mol. The van der Waals surface area contributed by atoms with Crippen LogP contribution in [0.25, 0.3) is 10.9 Å². The van der Waals surface area contributed by atoms with E-state index in [4.69, 9.17) is 0 Å². The molecule has 1 aromatic carbocycles. The van der Waals surface area contributed by atoms with E-state index >= 15 is 0 Å². The highest BCUT2D eigenvalue weighted by Crippen LogP contribution is 2.33.